The molecule has 0 saturated heterocycles. The number of benzene rings is 2. The number of anilines is 1. The third-order valence-corrected chi connectivity index (χ3v) is 4.17. The number of nitro benzene ring substituents is 2. The van der Waals surface area contributed by atoms with Crippen LogP contribution >= 0.6 is 0 Å². The number of hydrogen-bond donors (Lipinski definition) is 1. The van der Waals surface area contributed by atoms with Gasteiger partial charge in [-0.2, -0.15) is 0 Å². The maximum Gasteiger partial charge on any atom is 0.291 e. The van der Waals surface area contributed by atoms with E-state index >= 15 is 0 Å². The molecule has 148 valence electrons. The van der Waals surface area contributed by atoms with Gasteiger partial charge in [0.2, 0.25) is 0 Å². The van der Waals surface area contributed by atoms with Gasteiger partial charge < -0.3 is 14.5 Å². The first-order chi connectivity index (χ1) is 13.8. The Kier molecular flexibility index (Phi) is 5.26. The van der Waals surface area contributed by atoms with Crippen molar-refractivity contribution in [3.63, 3.8) is 0 Å². The lowest BCUT2D eigenvalue weighted by atomic mass is 10.1. The average molecular weight is 397 g/mol. The summed E-state index contributed by atoms with van der Waals surface area (Å²) in [4.78, 5) is 33.5. The van der Waals surface area contributed by atoms with Gasteiger partial charge in [-0.15, -0.1) is 0 Å². The number of amides is 1. The highest BCUT2D eigenvalue weighted by Crippen LogP contribution is 2.34. The summed E-state index contributed by atoms with van der Waals surface area (Å²) >= 11 is 0. The third-order valence-electron chi connectivity index (χ3n) is 4.17. The Labute approximate surface area is 164 Å². The van der Waals surface area contributed by atoms with Crippen molar-refractivity contribution in [3.05, 3.63) is 80.1 Å². The van der Waals surface area contributed by atoms with Crippen molar-refractivity contribution in [2.45, 2.75) is 6.92 Å². The Hall–Kier alpha value is -4.21. The van der Waals surface area contributed by atoms with Crippen molar-refractivity contribution >= 4 is 23.0 Å². The van der Waals surface area contributed by atoms with Crippen LogP contribution in [-0.2, 0) is 0 Å². The quantitative estimate of drug-likeness (QED) is 0.482. The Balaban J connectivity index is 1.86. The van der Waals surface area contributed by atoms with Gasteiger partial charge in [0.25, 0.3) is 17.3 Å². The van der Waals surface area contributed by atoms with Crippen molar-refractivity contribution < 1.29 is 23.8 Å². The third kappa shape index (κ3) is 4.05. The number of ether oxygens (including phenoxy) is 1. The predicted molar refractivity (Wildman–Crippen MR) is 103 cm³/mol. The molecule has 0 unspecified atom stereocenters. The molecular weight excluding hydrogens is 382 g/mol. The SMILES string of the molecule is COc1ccc(-c2ccc(C(=O)Nc3ccc([N+](=O)[O-])cc3C)o2)c([N+](=O)[O-])c1. The standard InChI is InChI=1S/C19H15N3O7/c1-11-9-12(21(24)25)3-6-15(11)20-19(23)18-8-7-17(29-18)14-5-4-13(28-2)10-16(14)22(26)27/h3-10H,1-2H3,(H,20,23). The molecule has 0 atom stereocenters. The number of non-ortho nitro benzene ring substituents is 1. The molecule has 3 rings (SSSR count). The molecule has 2 aromatic carbocycles. The molecule has 10 nitrogen and oxygen atoms in total. The molecule has 0 spiro atoms. The van der Waals surface area contributed by atoms with Gasteiger partial charge >= 0.3 is 0 Å². The van der Waals surface area contributed by atoms with E-state index in [-0.39, 0.29) is 28.5 Å². The first-order valence-electron chi connectivity index (χ1n) is 8.29. The Morgan fingerprint density at radius 2 is 1.79 bits per heavy atom. The van der Waals surface area contributed by atoms with E-state index in [0.717, 1.165) is 0 Å². The van der Waals surface area contributed by atoms with Crippen molar-refractivity contribution in [2.75, 3.05) is 12.4 Å². The second kappa shape index (κ2) is 7.80. The fourth-order valence-electron chi connectivity index (χ4n) is 2.69. The van der Waals surface area contributed by atoms with Crippen LogP contribution in [0.25, 0.3) is 11.3 Å². The molecule has 29 heavy (non-hydrogen) atoms. The molecule has 1 amide bonds. The molecule has 0 bridgehead atoms. The molecule has 0 aliphatic rings. The molecule has 0 aliphatic heterocycles. The zero-order valence-corrected chi connectivity index (χ0v) is 15.4. The maximum absolute atomic E-state index is 12.5. The van der Waals surface area contributed by atoms with Crippen LogP contribution in [0.15, 0.2) is 52.9 Å². The number of furan rings is 1. The van der Waals surface area contributed by atoms with Crippen LogP contribution in [-0.4, -0.2) is 22.9 Å². The number of nitrogens with zero attached hydrogens (tertiary/aromatic N) is 2. The maximum atomic E-state index is 12.5. The van der Waals surface area contributed by atoms with Crippen LogP contribution in [0.5, 0.6) is 5.75 Å². The Morgan fingerprint density at radius 3 is 2.41 bits per heavy atom. The lowest BCUT2D eigenvalue weighted by Gasteiger charge is -2.07. The number of hydrogen-bond acceptors (Lipinski definition) is 7. The van der Waals surface area contributed by atoms with Gasteiger partial charge in [-0.1, -0.05) is 0 Å². The van der Waals surface area contributed by atoms with E-state index in [4.69, 9.17) is 9.15 Å². The summed E-state index contributed by atoms with van der Waals surface area (Å²) in [6, 6.07) is 11.1. The lowest BCUT2D eigenvalue weighted by Crippen LogP contribution is -2.11. The summed E-state index contributed by atoms with van der Waals surface area (Å²) in [6.07, 6.45) is 0. The first kappa shape index (κ1) is 19.5. The fourth-order valence-corrected chi connectivity index (χ4v) is 2.69. The molecule has 1 heterocycles. The largest absolute Gasteiger partial charge is 0.497 e. The summed E-state index contributed by atoms with van der Waals surface area (Å²) in [5.41, 5.74) is 0.768. The van der Waals surface area contributed by atoms with Crippen LogP contribution in [0, 0.1) is 27.2 Å². The van der Waals surface area contributed by atoms with E-state index < -0.39 is 15.8 Å². The highest BCUT2D eigenvalue weighted by Gasteiger charge is 2.21. The van der Waals surface area contributed by atoms with Crippen molar-refractivity contribution in [2.24, 2.45) is 0 Å². The van der Waals surface area contributed by atoms with E-state index in [2.05, 4.69) is 5.32 Å². The summed E-state index contributed by atoms with van der Waals surface area (Å²) in [5, 5.41) is 24.8. The normalized spacial score (nSPS) is 10.4. The second-order valence-corrected chi connectivity index (χ2v) is 6.01. The minimum atomic E-state index is -0.593. The zero-order valence-electron chi connectivity index (χ0n) is 15.4. The topological polar surface area (TPSA) is 138 Å². The van der Waals surface area contributed by atoms with E-state index in [1.54, 1.807) is 13.0 Å². The van der Waals surface area contributed by atoms with Crippen LogP contribution in [0.1, 0.15) is 16.1 Å². The molecule has 0 saturated carbocycles. The summed E-state index contributed by atoms with van der Waals surface area (Å²) in [5.74, 6) is -0.198. The number of methoxy groups -OCH3 is 1. The molecule has 1 N–H and O–H groups in total. The number of nitro groups is 2. The van der Waals surface area contributed by atoms with Crippen LogP contribution < -0.4 is 10.1 Å². The van der Waals surface area contributed by atoms with Gasteiger partial charge in [0.1, 0.15) is 11.5 Å². The number of rotatable bonds is 6. The summed E-state index contributed by atoms with van der Waals surface area (Å²) < 4.78 is 10.5. The molecule has 0 aliphatic carbocycles. The van der Waals surface area contributed by atoms with Gasteiger partial charge in [-0.05, 0) is 42.8 Å². The van der Waals surface area contributed by atoms with E-state index in [1.807, 2.05) is 0 Å². The monoisotopic (exact) mass is 397 g/mol. The molecule has 3 aromatic rings. The Morgan fingerprint density at radius 1 is 1.03 bits per heavy atom. The zero-order chi connectivity index (χ0) is 21.1. The highest BCUT2D eigenvalue weighted by molar-refractivity contribution is 6.03. The van der Waals surface area contributed by atoms with Crippen molar-refractivity contribution in [1.82, 2.24) is 0 Å². The van der Waals surface area contributed by atoms with Gasteiger partial charge in [0, 0.05) is 17.8 Å². The smallest absolute Gasteiger partial charge is 0.291 e. The van der Waals surface area contributed by atoms with Gasteiger partial charge in [0.15, 0.2) is 5.76 Å². The minimum Gasteiger partial charge on any atom is -0.497 e. The van der Waals surface area contributed by atoms with Crippen LogP contribution in [0.2, 0.25) is 0 Å². The number of aryl methyl sites for hydroxylation is 1. The fraction of sp³-hybridized carbons (Fsp3) is 0.105. The number of nitrogens with one attached hydrogen (secondary N) is 1. The van der Waals surface area contributed by atoms with E-state index in [1.165, 1.54) is 49.6 Å². The van der Waals surface area contributed by atoms with E-state index in [9.17, 15) is 25.0 Å². The second-order valence-electron chi connectivity index (χ2n) is 6.01. The van der Waals surface area contributed by atoms with Gasteiger partial charge in [0.05, 0.1) is 28.6 Å². The molecule has 1 aromatic heterocycles. The number of carbonyl (C=O) groups excluding carboxylic acids is 1. The van der Waals surface area contributed by atoms with E-state index in [0.29, 0.717) is 17.0 Å². The predicted octanol–water partition coefficient (Wildman–Crippen LogP) is 4.33. The molecule has 0 radical (unpaired) electrons. The summed E-state index contributed by atoms with van der Waals surface area (Å²) in [6.45, 7) is 1.62. The van der Waals surface area contributed by atoms with Crippen molar-refractivity contribution in [3.8, 4) is 17.1 Å². The number of carbonyl (C=O) groups is 1. The van der Waals surface area contributed by atoms with Gasteiger partial charge in [-0.25, -0.2) is 0 Å². The van der Waals surface area contributed by atoms with Gasteiger partial charge in [-0.3, -0.25) is 25.0 Å². The van der Waals surface area contributed by atoms with Crippen LogP contribution in [0.3, 0.4) is 0 Å². The molecular formula is C19H15N3O7. The highest BCUT2D eigenvalue weighted by atomic mass is 16.6. The van der Waals surface area contributed by atoms with Crippen molar-refractivity contribution in [1.29, 1.82) is 0 Å². The summed E-state index contributed by atoms with van der Waals surface area (Å²) in [7, 11) is 1.40. The average Bonchev–Trinajstić information content (AvgIpc) is 3.19. The molecule has 10 heteroatoms. The minimum absolute atomic E-state index is 0.0668. The lowest BCUT2D eigenvalue weighted by molar-refractivity contribution is -0.384. The first-order valence-corrected chi connectivity index (χ1v) is 8.29. The Bertz CT molecular complexity index is 1120. The van der Waals surface area contributed by atoms with Crippen LogP contribution in [0.4, 0.5) is 17.1 Å². The molecule has 0 fully saturated rings.